The van der Waals surface area contributed by atoms with Gasteiger partial charge in [-0.05, 0) is 17.7 Å². The van der Waals surface area contributed by atoms with E-state index in [0.29, 0.717) is 45.9 Å². The van der Waals surface area contributed by atoms with Gasteiger partial charge in [0.2, 0.25) is 11.8 Å². The van der Waals surface area contributed by atoms with E-state index >= 15 is 0 Å². The Labute approximate surface area is 185 Å². The van der Waals surface area contributed by atoms with Crippen LogP contribution in [0, 0.1) is 0 Å². The minimum atomic E-state index is -0.0192. The van der Waals surface area contributed by atoms with Gasteiger partial charge in [0.05, 0.1) is 23.4 Å². The standard InChI is InChI=1S/C23H26N4O3S/c28-21(24-14-18-6-2-1-3-7-18)15-26-10-12-27(13-11-26)23(29)17-30-16-22-25-19-8-4-5-9-20(19)31-22/h1-9H,10-17H2,(H,24,28). The molecule has 1 saturated heterocycles. The van der Waals surface area contributed by atoms with Crippen molar-refractivity contribution >= 4 is 33.4 Å². The summed E-state index contributed by atoms with van der Waals surface area (Å²) in [4.78, 5) is 33.0. The molecule has 162 valence electrons. The normalized spacial score (nSPS) is 14.6. The highest BCUT2D eigenvalue weighted by Gasteiger charge is 2.22. The van der Waals surface area contributed by atoms with Crippen LogP contribution in [0.2, 0.25) is 0 Å². The fourth-order valence-electron chi connectivity index (χ4n) is 3.51. The predicted molar refractivity (Wildman–Crippen MR) is 121 cm³/mol. The second-order valence-corrected chi connectivity index (χ2v) is 8.60. The third kappa shape index (κ3) is 6.10. The van der Waals surface area contributed by atoms with Crippen molar-refractivity contribution in [1.82, 2.24) is 20.1 Å². The second kappa shape index (κ2) is 10.5. The van der Waals surface area contributed by atoms with Gasteiger partial charge >= 0.3 is 0 Å². The Balaban J connectivity index is 1.13. The zero-order valence-corrected chi connectivity index (χ0v) is 18.1. The highest BCUT2D eigenvalue weighted by atomic mass is 32.1. The van der Waals surface area contributed by atoms with Gasteiger partial charge in [-0.25, -0.2) is 4.98 Å². The molecule has 0 radical (unpaired) electrons. The average molecular weight is 439 g/mol. The number of amides is 2. The van der Waals surface area contributed by atoms with Crippen LogP contribution in [0.5, 0.6) is 0 Å². The number of hydrogen-bond acceptors (Lipinski definition) is 6. The number of hydrogen-bond donors (Lipinski definition) is 1. The van der Waals surface area contributed by atoms with E-state index in [0.717, 1.165) is 20.8 Å². The van der Waals surface area contributed by atoms with E-state index in [1.807, 2.05) is 54.6 Å². The highest BCUT2D eigenvalue weighted by Crippen LogP contribution is 2.21. The largest absolute Gasteiger partial charge is 0.364 e. The van der Waals surface area contributed by atoms with E-state index in [4.69, 9.17) is 4.74 Å². The molecule has 8 heteroatoms. The molecule has 1 aliphatic heterocycles. The molecule has 3 aromatic rings. The quantitative estimate of drug-likeness (QED) is 0.584. The van der Waals surface area contributed by atoms with E-state index in [9.17, 15) is 9.59 Å². The van der Waals surface area contributed by atoms with Gasteiger partial charge in [0, 0.05) is 32.7 Å². The molecule has 2 aromatic carbocycles. The van der Waals surface area contributed by atoms with Crippen molar-refractivity contribution in [3.05, 3.63) is 65.2 Å². The third-order valence-electron chi connectivity index (χ3n) is 5.21. The van der Waals surface area contributed by atoms with Crippen LogP contribution < -0.4 is 5.32 Å². The summed E-state index contributed by atoms with van der Waals surface area (Å²) in [7, 11) is 0. The number of rotatable bonds is 8. The summed E-state index contributed by atoms with van der Waals surface area (Å²) in [5, 5.41) is 3.82. The first-order valence-electron chi connectivity index (χ1n) is 10.4. The Hall–Kier alpha value is -2.81. The molecular formula is C23H26N4O3S. The van der Waals surface area contributed by atoms with Crippen LogP contribution in [0.15, 0.2) is 54.6 Å². The number of carbonyl (C=O) groups excluding carboxylic acids is 2. The molecule has 0 saturated carbocycles. The highest BCUT2D eigenvalue weighted by molar-refractivity contribution is 7.18. The number of fused-ring (bicyclic) bond motifs is 1. The molecule has 7 nitrogen and oxygen atoms in total. The maximum Gasteiger partial charge on any atom is 0.248 e. The molecule has 1 N–H and O–H groups in total. The predicted octanol–water partition coefficient (Wildman–Crippen LogP) is 2.27. The summed E-state index contributed by atoms with van der Waals surface area (Å²) in [5.41, 5.74) is 2.04. The van der Waals surface area contributed by atoms with Gasteiger partial charge < -0.3 is 15.0 Å². The van der Waals surface area contributed by atoms with Crippen LogP contribution in [-0.4, -0.2) is 65.9 Å². The van der Waals surface area contributed by atoms with Gasteiger partial charge in [-0.15, -0.1) is 11.3 Å². The van der Waals surface area contributed by atoms with Gasteiger partial charge in [0.1, 0.15) is 11.6 Å². The van der Waals surface area contributed by atoms with E-state index in [-0.39, 0.29) is 18.4 Å². The zero-order valence-electron chi connectivity index (χ0n) is 17.3. The fraction of sp³-hybridized carbons (Fsp3) is 0.348. The lowest BCUT2D eigenvalue weighted by molar-refractivity contribution is -0.138. The number of para-hydroxylation sites is 1. The summed E-state index contributed by atoms with van der Waals surface area (Å²) >= 11 is 1.59. The van der Waals surface area contributed by atoms with Crippen LogP contribution in [0.1, 0.15) is 10.6 Å². The van der Waals surface area contributed by atoms with Gasteiger partial charge in [0.15, 0.2) is 0 Å². The first-order valence-corrected chi connectivity index (χ1v) is 11.2. The van der Waals surface area contributed by atoms with Crippen molar-refractivity contribution in [3.63, 3.8) is 0 Å². The van der Waals surface area contributed by atoms with E-state index < -0.39 is 0 Å². The van der Waals surface area contributed by atoms with Crippen LogP contribution in [0.4, 0.5) is 0 Å². The lowest BCUT2D eigenvalue weighted by atomic mass is 10.2. The SMILES string of the molecule is O=C(CN1CCN(C(=O)COCc2nc3ccccc3s2)CC1)NCc1ccccc1. The number of benzene rings is 2. The molecule has 0 atom stereocenters. The monoisotopic (exact) mass is 438 g/mol. The summed E-state index contributed by atoms with van der Waals surface area (Å²) in [6.07, 6.45) is 0. The van der Waals surface area contributed by atoms with Crippen molar-refractivity contribution in [2.75, 3.05) is 39.3 Å². The Morgan fingerprint density at radius 3 is 2.52 bits per heavy atom. The molecule has 1 fully saturated rings. The minimum absolute atomic E-state index is 0.00259. The minimum Gasteiger partial charge on any atom is -0.364 e. The molecule has 0 unspecified atom stereocenters. The summed E-state index contributed by atoms with van der Waals surface area (Å²) < 4.78 is 6.73. The Morgan fingerprint density at radius 2 is 1.74 bits per heavy atom. The van der Waals surface area contributed by atoms with E-state index in [1.165, 1.54) is 0 Å². The van der Waals surface area contributed by atoms with Crippen molar-refractivity contribution in [3.8, 4) is 0 Å². The van der Waals surface area contributed by atoms with Crippen LogP contribution in [0.3, 0.4) is 0 Å². The van der Waals surface area contributed by atoms with Crippen molar-refractivity contribution < 1.29 is 14.3 Å². The molecule has 1 aliphatic rings. The topological polar surface area (TPSA) is 74.8 Å². The maximum absolute atomic E-state index is 12.4. The molecule has 2 amide bonds. The van der Waals surface area contributed by atoms with Gasteiger partial charge in [0.25, 0.3) is 0 Å². The third-order valence-corrected chi connectivity index (χ3v) is 6.22. The van der Waals surface area contributed by atoms with Gasteiger partial charge in [-0.2, -0.15) is 0 Å². The molecular weight excluding hydrogens is 412 g/mol. The van der Waals surface area contributed by atoms with Crippen molar-refractivity contribution in [1.29, 1.82) is 0 Å². The summed E-state index contributed by atoms with van der Waals surface area (Å²) in [6.45, 7) is 3.85. The first kappa shape index (κ1) is 21.4. The zero-order chi connectivity index (χ0) is 21.5. The van der Waals surface area contributed by atoms with Crippen molar-refractivity contribution in [2.24, 2.45) is 0 Å². The Morgan fingerprint density at radius 1 is 1.00 bits per heavy atom. The maximum atomic E-state index is 12.4. The molecule has 0 spiro atoms. The van der Waals surface area contributed by atoms with E-state index in [2.05, 4.69) is 15.2 Å². The number of carbonyl (C=O) groups is 2. The molecule has 4 rings (SSSR count). The number of nitrogens with zero attached hydrogens (tertiary/aromatic N) is 3. The molecule has 2 heterocycles. The lowest BCUT2D eigenvalue weighted by Gasteiger charge is -2.34. The number of aromatic nitrogens is 1. The molecule has 1 aromatic heterocycles. The lowest BCUT2D eigenvalue weighted by Crippen LogP contribution is -2.51. The number of thiazole rings is 1. The van der Waals surface area contributed by atoms with Crippen LogP contribution >= 0.6 is 11.3 Å². The summed E-state index contributed by atoms with van der Waals surface area (Å²) in [6, 6.07) is 17.8. The number of ether oxygens (including phenoxy) is 1. The Bertz CT molecular complexity index is 983. The van der Waals surface area contributed by atoms with E-state index in [1.54, 1.807) is 16.2 Å². The molecule has 0 aliphatic carbocycles. The Kier molecular flexibility index (Phi) is 7.24. The summed E-state index contributed by atoms with van der Waals surface area (Å²) in [5.74, 6) is -0.0166. The van der Waals surface area contributed by atoms with Crippen molar-refractivity contribution in [2.45, 2.75) is 13.2 Å². The molecule has 0 bridgehead atoms. The second-order valence-electron chi connectivity index (χ2n) is 7.49. The van der Waals surface area contributed by atoms with Crippen LogP contribution in [-0.2, 0) is 27.5 Å². The van der Waals surface area contributed by atoms with Crippen LogP contribution in [0.25, 0.3) is 10.2 Å². The fourth-order valence-corrected chi connectivity index (χ4v) is 4.41. The number of piperazine rings is 1. The smallest absolute Gasteiger partial charge is 0.248 e. The number of nitrogens with one attached hydrogen (secondary N) is 1. The average Bonchev–Trinajstić information content (AvgIpc) is 3.22. The first-order chi connectivity index (χ1) is 15.2. The molecule has 31 heavy (non-hydrogen) atoms. The van der Waals surface area contributed by atoms with Gasteiger partial charge in [-0.3, -0.25) is 14.5 Å². The van der Waals surface area contributed by atoms with Gasteiger partial charge in [-0.1, -0.05) is 42.5 Å².